The van der Waals surface area contributed by atoms with Crippen molar-refractivity contribution < 1.29 is 9.53 Å². The molecule has 3 atom stereocenters. The predicted molar refractivity (Wildman–Crippen MR) is 46.1 cm³/mol. The first-order valence-electron chi connectivity index (χ1n) is 4.63. The largest absolute Gasteiger partial charge is 0.461 e. The molecule has 2 aliphatic rings. The zero-order valence-corrected chi connectivity index (χ0v) is 7.72. The molecule has 0 radical (unpaired) electrons. The van der Waals surface area contributed by atoms with Crippen LogP contribution in [0.5, 0.6) is 0 Å². The van der Waals surface area contributed by atoms with E-state index in [0.29, 0.717) is 5.92 Å². The first kappa shape index (κ1) is 8.36. The molecule has 0 bridgehead atoms. The van der Waals surface area contributed by atoms with Crippen LogP contribution in [0.4, 0.5) is 0 Å². The average molecular weight is 189 g/mol. The van der Waals surface area contributed by atoms with Crippen LogP contribution in [0.25, 0.3) is 0 Å². The van der Waals surface area contributed by atoms with Gasteiger partial charge in [0.1, 0.15) is 11.5 Å². The third kappa shape index (κ3) is 1.33. The van der Waals surface area contributed by atoms with Crippen LogP contribution in [0.2, 0.25) is 0 Å². The summed E-state index contributed by atoms with van der Waals surface area (Å²) in [6, 6.07) is 0. The highest BCUT2D eigenvalue weighted by Gasteiger charge is 2.43. The minimum absolute atomic E-state index is 0.127. The van der Waals surface area contributed by atoms with Crippen molar-refractivity contribution in [3.05, 3.63) is 0 Å². The van der Waals surface area contributed by atoms with Gasteiger partial charge in [-0.15, -0.1) is 11.6 Å². The molecule has 1 aliphatic heterocycles. The highest BCUT2D eigenvalue weighted by molar-refractivity contribution is 6.30. The highest BCUT2D eigenvalue weighted by Crippen LogP contribution is 2.36. The first-order valence-corrected chi connectivity index (χ1v) is 5.07. The van der Waals surface area contributed by atoms with Gasteiger partial charge in [0.2, 0.25) is 0 Å². The van der Waals surface area contributed by atoms with Crippen LogP contribution in [0.15, 0.2) is 0 Å². The van der Waals surface area contributed by atoms with Gasteiger partial charge in [0, 0.05) is 5.92 Å². The van der Waals surface area contributed by atoms with E-state index in [4.69, 9.17) is 16.3 Å². The summed E-state index contributed by atoms with van der Waals surface area (Å²) in [5, 5.41) is -0.368. The van der Waals surface area contributed by atoms with E-state index in [9.17, 15) is 4.79 Å². The van der Waals surface area contributed by atoms with E-state index < -0.39 is 0 Å². The number of ether oxygens (including phenoxy) is 1. The number of fused-ring (bicyclic) bond motifs is 1. The second-order valence-electron chi connectivity index (χ2n) is 3.68. The molecular formula is C9H13ClO2. The Labute approximate surface area is 77.2 Å². The molecule has 0 amide bonds. The van der Waals surface area contributed by atoms with Crippen molar-refractivity contribution in [3.8, 4) is 0 Å². The molecule has 68 valence electrons. The Balaban J connectivity index is 2.09. The smallest absolute Gasteiger partial charge is 0.324 e. The van der Waals surface area contributed by atoms with Gasteiger partial charge >= 0.3 is 5.97 Å². The van der Waals surface area contributed by atoms with Crippen LogP contribution in [-0.4, -0.2) is 17.5 Å². The molecule has 12 heavy (non-hydrogen) atoms. The van der Waals surface area contributed by atoms with Gasteiger partial charge in [-0.3, -0.25) is 4.79 Å². The van der Waals surface area contributed by atoms with Crippen LogP contribution < -0.4 is 0 Å². The molecule has 0 unspecified atom stereocenters. The standard InChI is InChI=1S/C9H13ClO2/c10-8-6-4-2-1-3-5-7(6)12-9(8)11/h6-8H,1-5H2/t6-,7+,8-/m0/s1. The Kier molecular flexibility index (Phi) is 2.26. The van der Waals surface area contributed by atoms with E-state index >= 15 is 0 Å². The SMILES string of the molecule is O=C1O[C@@H]2CCCCC[C@@H]2[C@@H]1Cl. The van der Waals surface area contributed by atoms with Crippen LogP contribution in [0, 0.1) is 5.92 Å². The summed E-state index contributed by atoms with van der Waals surface area (Å²) in [6.45, 7) is 0. The molecular weight excluding hydrogens is 176 g/mol. The third-order valence-electron chi connectivity index (χ3n) is 2.87. The number of esters is 1. The maximum absolute atomic E-state index is 11.1. The molecule has 1 saturated heterocycles. The molecule has 0 aromatic heterocycles. The molecule has 2 nitrogen and oxygen atoms in total. The second kappa shape index (κ2) is 3.25. The normalized spacial score (nSPS) is 41.8. The molecule has 1 saturated carbocycles. The lowest BCUT2D eigenvalue weighted by Crippen LogP contribution is -2.19. The molecule has 2 fully saturated rings. The van der Waals surface area contributed by atoms with Crippen molar-refractivity contribution in [1.82, 2.24) is 0 Å². The van der Waals surface area contributed by atoms with Crippen molar-refractivity contribution in [2.75, 3.05) is 0 Å². The van der Waals surface area contributed by atoms with Crippen LogP contribution in [0.3, 0.4) is 0 Å². The molecule has 1 heterocycles. The van der Waals surface area contributed by atoms with Gasteiger partial charge in [-0.2, -0.15) is 0 Å². The van der Waals surface area contributed by atoms with Gasteiger partial charge in [-0.25, -0.2) is 0 Å². The number of rotatable bonds is 0. The molecule has 0 aromatic rings. The summed E-state index contributed by atoms with van der Waals surface area (Å²) >= 11 is 5.93. The van der Waals surface area contributed by atoms with Gasteiger partial charge < -0.3 is 4.74 Å². The first-order chi connectivity index (χ1) is 5.79. The van der Waals surface area contributed by atoms with Gasteiger partial charge in [-0.05, 0) is 19.3 Å². The van der Waals surface area contributed by atoms with E-state index in [2.05, 4.69) is 0 Å². The van der Waals surface area contributed by atoms with Crippen molar-refractivity contribution in [3.63, 3.8) is 0 Å². The second-order valence-corrected chi connectivity index (χ2v) is 4.15. The quantitative estimate of drug-likeness (QED) is 0.430. The molecule has 0 aromatic carbocycles. The Morgan fingerprint density at radius 2 is 2.00 bits per heavy atom. The van der Waals surface area contributed by atoms with Crippen molar-refractivity contribution in [2.45, 2.75) is 43.6 Å². The van der Waals surface area contributed by atoms with Gasteiger partial charge in [-0.1, -0.05) is 12.8 Å². The number of carbonyl (C=O) groups excluding carboxylic acids is 1. The fourth-order valence-corrected chi connectivity index (χ4v) is 2.51. The monoisotopic (exact) mass is 188 g/mol. The lowest BCUT2D eigenvalue weighted by molar-refractivity contribution is -0.141. The number of hydrogen-bond acceptors (Lipinski definition) is 2. The average Bonchev–Trinajstić information content (AvgIpc) is 2.30. The Morgan fingerprint density at radius 1 is 1.25 bits per heavy atom. The lowest BCUT2D eigenvalue weighted by Gasteiger charge is -2.13. The summed E-state index contributed by atoms with van der Waals surface area (Å²) in [5.41, 5.74) is 0. The van der Waals surface area contributed by atoms with E-state index in [0.717, 1.165) is 12.8 Å². The number of carbonyl (C=O) groups is 1. The third-order valence-corrected chi connectivity index (χ3v) is 3.37. The van der Waals surface area contributed by atoms with Gasteiger partial charge in [0.25, 0.3) is 0 Å². The molecule has 3 heteroatoms. The lowest BCUT2D eigenvalue weighted by atomic mass is 9.96. The number of hydrogen-bond donors (Lipinski definition) is 0. The van der Waals surface area contributed by atoms with E-state index in [1.165, 1.54) is 19.3 Å². The number of halogens is 1. The number of alkyl halides is 1. The van der Waals surface area contributed by atoms with Crippen molar-refractivity contribution in [2.24, 2.45) is 5.92 Å². The summed E-state index contributed by atoms with van der Waals surface area (Å²) in [4.78, 5) is 11.1. The minimum atomic E-state index is -0.368. The fourth-order valence-electron chi connectivity index (χ4n) is 2.17. The summed E-state index contributed by atoms with van der Waals surface area (Å²) < 4.78 is 5.19. The summed E-state index contributed by atoms with van der Waals surface area (Å²) in [5.74, 6) is 0.0928. The Morgan fingerprint density at radius 3 is 2.83 bits per heavy atom. The zero-order chi connectivity index (χ0) is 8.55. The van der Waals surface area contributed by atoms with Crippen LogP contribution in [-0.2, 0) is 9.53 Å². The molecule has 1 aliphatic carbocycles. The topological polar surface area (TPSA) is 26.3 Å². The summed E-state index contributed by atoms with van der Waals surface area (Å²) in [6.07, 6.45) is 5.83. The summed E-state index contributed by atoms with van der Waals surface area (Å²) in [7, 11) is 0. The van der Waals surface area contributed by atoms with Crippen molar-refractivity contribution in [1.29, 1.82) is 0 Å². The predicted octanol–water partition coefficient (Wildman–Crippen LogP) is 2.10. The minimum Gasteiger partial charge on any atom is -0.461 e. The van der Waals surface area contributed by atoms with Crippen LogP contribution in [0.1, 0.15) is 32.1 Å². The van der Waals surface area contributed by atoms with Gasteiger partial charge in [0.15, 0.2) is 0 Å². The van der Waals surface area contributed by atoms with Crippen LogP contribution >= 0.6 is 11.6 Å². The Bertz CT molecular complexity index is 193. The molecule has 0 spiro atoms. The van der Waals surface area contributed by atoms with Crippen molar-refractivity contribution >= 4 is 17.6 Å². The Hall–Kier alpha value is -0.240. The van der Waals surface area contributed by atoms with E-state index in [1.54, 1.807) is 0 Å². The maximum Gasteiger partial charge on any atom is 0.324 e. The van der Waals surface area contributed by atoms with E-state index in [-0.39, 0.29) is 17.5 Å². The molecule has 2 rings (SSSR count). The zero-order valence-electron chi connectivity index (χ0n) is 6.96. The molecule has 0 N–H and O–H groups in total. The maximum atomic E-state index is 11.1. The fraction of sp³-hybridized carbons (Fsp3) is 0.889. The van der Waals surface area contributed by atoms with E-state index in [1.807, 2.05) is 0 Å². The highest BCUT2D eigenvalue weighted by atomic mass is 35.5. The van der Waals surface area contributed by atoms with Gasteiger partial charge in [0.05, 0.1) is 0 Å².